The number of carbonyl (C=O) groups is 1. The predicted octanol–water partition coefficient (Wildman–Crippen LogP) is 0.908. The summed E-state index contributed by atoms with van der Waals surface area (Å²) in [5.74, 6) is -0.0419. The summed E-state index contributed by atoms with van der Waals surface area (Å²) in [6.45, 7) is 3.75. The van der Waals surface area contributed by atoms with Gasteiger partial charge in [0.1, 0.15) is 0 Å². The summed E-state index contributed by atoms with van der Waals surface area (Å²) < 4.78 is 0. The van der Waals surface area contributed by atoms with Crippen molar-refractivity contribution in [3.05, 3.63) is 0 Å². The lowest BCUT2D eigenvalue weighted by Crippen LogP contribution is -2.15. The summed E-state index contributed by atoms with van der Waals surface area (Å²) in [5, 5.41) is 3.64. The van der Waals surface area contributed by atoms with Crippen molar-refractivity contribution in [3.63, 3.8) is 0 Å². The second-order valence-corrected chi connectivity index (χ2v) is 1.61. The Morgan fingerprint density at radius 1 is 1.67 bits per heavy atom. The van der Waals surface area contributed by atoms with Crippen molar-refractivity contribution in [1.29, 1.82) is 0 Å². The third-order valence-corrected chi connectivity index (χ3v) is 0.784. The van der Waals surface area contributed by atoms with Gasteiger partial charge in [0, 0.05) is 12.6 Å². The van der Waals surface area contributed by atoms with E-state index in [0.29, 0.717) is 6.42 Å². The van der Waals surface area contributed by atoms with Crippen molar-refractivity contribution in [2.24, 2.45) is 5.10 Å². The number of hydrogen-bond donors (Lipinski definition) is 1. The summed E-state index contributed by atoms with van der Waals surface area (Å²) in [5.41, 5.74) is 2.36. The van der Waals surface area contributed by atoms with E-state index in [9.17, 15) is 4.79 Å². The minimum absolute atomic E-state index is 0.0419. The van der Waals surface area contributed by atoms with E-state index in [4.69, 9.17) is 0 Å². The van der Waals surface area contributed by atoms with Crippen molar-refractivity contribution in [3.8, 4) is 0 Å². The monoisotopic (exact) mass is 128 g/mol. The van der Waals surface area contributed by atoms with Crippen LogP contribution < -0.4 is 5.43 Å². The zero-order valence-corrected chi connectivity index (χ0v) is 5.85. The Balaban J connectivity index is 3.26. The molecule has 0 heterocycles. The Morgan fingerprint density at radius 2 is 2.33 bits per heavy atom. The molecule has 1 amide bonds. The molecule has 3 heteroatoms. The zero-order chi connectivity index (χ0) is 7.11. The van der Waals surface area contributed by atoms with Crippen molar-refractivity contribution >= 4 is 12.1 Å². The Kier molecular flexibility index (Phi) is 4.78. The van der Waals surface area contributed by atoms with Gasteiger partial charge in [-0.3, -0.25) is 4.79 Å². The Morgan fingerprint density at radius 3 is 2.78 bits per heavy atom. The van der Waals surface area contributed by atoms with Crippen LogP contribution in [0, 0.1) is 0 Å². The maximum Gasteiger partial charge on any atom is 0.239 e. The number of amides is 1. The van der Waals surface area contributed by atoms with Crippen LogP contribution in [0.2, 0.25) is 0 Å². The fourth-order valence-electron chi connectivity index (χ4n) is 0.288. The van der Waals surface area contributed by atoms with Crippen LogP contribution in [0.5, 0.6) is 0 Å². The molecule has 52 valence electrons. The highest BCUT2D eigenvalue weighted by molar-refractivity contribution is 5.76. The van der Waals surface area contributed by atoms with Crippen molar-refractivity contribution < 1.29 is 4.79 Å². The van der Waals surface area contributed by atoms with Crippen LogP contribution in [0.3, 0.4) is 0 Å². The smallest absolute Gasteiger partial charge is 0.239 e. The summed E-state index contributed by atoms with van der Waals surface area (Å²) in [4.78, 5) is 10.5. The molecule has 0 radical (unpaired) electrons. The van der Waals surface area contributed by atoms with E-state index >= 15 is 0 Å². The van der Waals surface area contributed by atoms with Crippen LogP contribution in [-0.2, 0) is 4.79 Å². The average Bonchev–Trinajstić information content (AvgIpc) is 1.89. The largest absolute Gasteiger partial charge is 0.273 e. The molecule has 0 aliphatic rings. The summed E-state index contributed by atoms with van der Waals surface area (Å²) in [6, 6.07) is 0. The molecule has 0 atom stereocenters. The number of hydrazone groups is 1. The van der Waals surface area contributed by atoms with Gasteiger partial charge in [-0.05, 0) is 6.42 Å². The van der Waals surface area contributed by atoms with E-state index in [1.165, 1.54) is 0 Å². The maximum absolute atomic E-state index is 10.5. The molecule has 0 spiro atoms. The molecule has 0 aromatic carbocycles. The molecule has 0 aromatic rings. The number of nitrogens with one attached hydrogen (secondary N) is 1. The molecule has 1 N–H and O–H groups in total. The van der Waals surface area contributed by atoms with Crippen LogP contribution in [0.25, 0.3) is 0 Å². The normalized spacial score (nSPS) is 10.0. The number of hydrogen-bond acceptors (Lipinski definition) is 2. The number of carbonyl (C=O) groups excluding carboxylic acids is 1. The van der Waals surface area contributed by atoms with Crippen molar-refractivity contribution in [2.75, 3.05) is 0 Å². The first-order valence-corrected chi connectivity index (χ1v) is 3.11. The average molecular weight is 128 g/mol. The predicted molar refractivity (Wildman–Crippen MR) is 37.2 cm³/mol. The van der Waals surface area contributed by atoms with Gasteiger partial charge in [0.05, 0.1) is 0 Å². The van der Waals surface area contributed by atoms with Gasteiger partial charge in [-0.15, -0.1) is 0 Å². The van der Waals surface area contributed by atoms with Crippen LogP contribution in [-0.4, -0.2) is 12.1 Å². The first kappa shape index (κ1) is 8.14. The standard InChI is InChI=1S/C6H12N2O/c1-3-5-7-8-6(9)4-2/h5H,3-4H2,1-2H3,(H,8,9)/b7-5-. The summed E-state index contributed by atoms with van der Waals surface area (Å²) >= 11 is 0. The van der Waals surface area contributed by atoms with Crippen molar-refractivity contribution in [2.45, 2.75) is 26.7 Å². The van der Waals surface area contributed by atoms with Crippen LogP contribution in [0.1, 0.15) is 26.7 Å². The van der Waals surface area contributed by atoms with Gasteiger partial charge in [0.25, 0.3) is 0 Å². The molecule has 0 saturated carbocycles. The van der Waals surface area contributed by atoms with Gasteiger partial charge in [0.15, 0.2) is 0 Å². The van der Waals surface area contributed by atoms with Crippen LogP contribution in [0.15, 0.2) is 5.10 Å². The van der Waals surface area contributed by atoms with Gasteiger partial charge in [0.2, 0.25) is 5.91 Å². The molecule has 0 saturated heterocycles. The molecule has 0 rings (SSSR count). The highest BCUT2D eigenvalue weighted by Crippen LogP contribution is 1.73. The molecule has 3 nitrogen and oxygen atoms in total. The van der Waals surface area contributed by atoms with Gasteiger partial charge >= 0.3 is 0 Å². The van der Waals surface area contributed by atoms with E-state index in [1.807, 2.05) is 6.92 Å². The highest BCUT2D eigenvalue weighted by atomic mass is 16.2. The van der Waals surface area contributed by atoms with Crippen molar-refractivity contribution in [1.82, 2.24) is 5.43 Å². The van der Waals surface area contributed by atoms with E-state index in [1.54, 1.807) is 13.1 Å². The molecule has 0 aromatic heterocycles. The molecular formula is C6H12N2O. The second-order valence-electron chi connectivity index (χ2n) is 1.61. The lowest BCUT2D eigenvalue weighted by atomic mass is 10.5. The summed E-state index contributed by atoms with van der Waals surface area (Å²) in [6.07, 6.45) is 3.00. The molecule has 0 unspecified atom stereocenters. The van der Waals surface area contributed by atoms with Crippen LogP contribution in [0.4, 0.5) is 0 Å². The quantitative estimate of drug-likeness (QED) is 0.445. The van der Waals surface area contributed by atoms with Gasteiger partial charge in [-0.1, -0.05) is 13.8 Å². The van der Waals surface area contributed by atoms with E-state index in [2.05, 4.69) is 10.5 Å². The van der Waals surface area contributed by atoms with Gasteiger partial charge in [-0.2, -0.15) is 5.10 Å². The SMILES string of the molecule is CC/C=N\NC(=O)CC. The second kappa shape index (κ2) is 5.28. The van der Waals surface area contributed by atoms with E-state index in [0.717, 1.165) is 6.42 Å². The first-order valence-electron chi connectivity index (χ1n) is 3.11. The maximum atomic E-state index is 10.5. The van der Waals surface area contributed by atoms with Gasteiger partial charge in [-0.25, -0.2) is 5.43 Å². The lowest BCUT2D eigenvalue weighted by molar-refractivity contribution is -0.120. The minimum atomic E-state index is -0.0419. The van der Waals surface area contributed by atoms with Crippen LogP contribution >= 0.6 is 0 Å². The Hall–Kier alpha value is -0.860. The minimum Gasteiger partial charge on any atom is -0.273 e. The fourth-order valence-corrected chi connectivity index (χ4v) is 0.288. The van der Waals surface area contributed by atoms with E-state index < -0.39 is 0 Å². The first-order chi connectivity index (χ1) is 4.31. The lowest BCUT2D eigenvalue weighted by Gasteiger charge is -1.91. The Labute approximate surface area is 55.1 Å². The molecule has 0 aliphatic carbocycles. The summed E-state index contributed by atoms with van der Waals surface area (Å²) in [7, 11) is 0. The van der Waals surface area contributed by atoms with E-state index in [-0.39, 0.29) is 5.91 Å². The molecule has 0 bridgehead atoms. The molecular weight excluding hydrogens is 116 g/mol. The number of rotatable bonds is 3. The topological polar surface area (TPSA) is 41.5 Å². The number of nitrogens with zero attached hydrogens (tertiary/aromatic N) is 1. The third kappa shape index (κ3) is 5.00. The van der Waals surface area contributed by atoms with Gasteiger partial charge < -0.3 is 0 Å². The molecule has 9 heavy (non-hydrogen) atoms. The highest BCUT2D eigenvalue weighted by Gasteiger charge is 1.88. The molecule has 0 fully saturated rings. The Bertz CT molecular complexity index is 110. The zero-order valence-electron chi connectivity index (χ0n) is 5.85. The molecule has 0 aliphatic heterocycles. The fraction of sp³-hybridized carbons (Fsp3) is 0.667. The third-order valence-electron chi connectivity index (χ3n) is 0.784.